The average molecular weight is 346 g/mol. The van der Waals surface area contributed by atoms with E-state index in [1.54, 1.807) is 12.0 Å². The molecule has 0 atom stereocenters. The number of fused-ring (bicyclic) bond motifs is 1. The largest absolute Gasteiger partial charge is 0.479 e. The number of ether oxygens (including phenoxy) is 1. The van der Waals surface area contributed by atoms with E-state index in [9.17, 15) is 14.7 Å². The van der Waals surface area contributed by atoms with Crippen LogP contribution in [0.2, 0.25) is 0 Å². The molecule has 1 amide bonds. The third kappa shape index (κ3) is 3.25. The molecule has 1 aromatic heterocycles. The summed E-state index contributed by atoms with van der Waals surface area (Å²) < 4.78 is 7.12. The van der Waals surface area contributed by atoms with E-state index in [0.717, 1.165) is 10.9 Å². The van der Waals surface area contributed by atoms with Crippen molar-refractivity contribution in [2.24, 2.45) is 0 Å². The number of rotatable bonds is 5. The normalized spacial score (nSPS) is 17.0. The molecule has 0 spiro atoms. The molecule has 0 saturated carbocycles. The number of para-hydroxylation sites is 1. The van der Waals surface area contributed by atoms with E-state index >= 15 is 0 Å². The predicted molar refractivity (Wildman–Crippen MR) is 91.5 cm³/mol. The molecule has 2 heterocycles. The zero-order chi connectivity index (χ0) is 18.0. The van der Waals surface area contributed by atoms with Gasteiger partial charge in [0, 0.05) is 56.7 Å². The molecule has 3 rings (SSSR count). The van der Waals surface area contributed by atoms with Crippen LogP contribution in [0.4, 0.5) is 0 Å². The summed E-state index contributed by atoms with van der Waals surface area (Å²) in [5.41, 5.74) is -0.183. The second-order valence-electron chi connectivity index (χ2n) is 6.38. The number of benzene rings is 1. The van der Waals surface area contributed by atoms with Gasteiger partial charge in [-0.25, -0.2) is 4.79 Å². The lowest BCUT2D eigenvalue weighted by molar-refractivity contribution is -0.162. The summed E-state index contributed by atoms with van der Waals surface area (Å²) in [4.78, 5) is 25.7. The highest BCUT2D eigenvalue weighted by Gasteiger charge is 2.40. The minimum atomic E-state index is -1.73. The van der Waals surface area contributed by atoms with E-state index in [1.807, 2.05) is 35.0 Å². The van der Waals surface area contributed by atoms with Crippen molar-refractivity contribution in [2.75, 3.05) is 26.8 Å². The number of carboxylic acids is 1. The fraction of sp³-hybridized carbons (Fsp3) is 0.444. The number of likely N-dealkylation sites (tertiary alicyclic amines) is 1. The molecule has 1 aromatic carbocycles. The lowest BCUT2D eigenvalue weighted by Gasteiger charge is -2.35. The molecule has 0 aliphatic carbocycles. The summed E-state index contributed by atoms with van der Waals surface area (Å²) in [5.74, 6) is -1.37. The van der Waals surface area contributed by atoms with Crippen molar-refractivity contribution in [3.05, 3.63) is 36.0 Å². The smallest absolute Gasteiger partial charge is 0.335 e. The maximum Gasteiger partial charge on any atom is 0.335 e. The first-order valence-electron chi connectivity index (χ1n) is 8.28. The standard InChI is InChI=1S/C18H22N2O5/c1-25-11-10-20-12-14(13-4-2-3-5-15(13)20)16(21)19-8-6-18(24,7-9-19)17(22)23/h2-5,12,24H,6-11H2,1H3,(H,22,23). The van der Waals surface area contributed by atoms with E-state index in [2.05, 4.69) is 0 Å². The third-order valence-corrected chi connectivity index (χ3v) is 4.83. The van der Waals surface area contributed by atoms with Crippen molar-refractivity contribution in [2.45, 2.75) is 25.0 Å². The second kappa shape index (κ2) is 6.85. The molecule has 1 saturated heterocycles. The van der Waals surface area contributed by atoms with Crippen molar-refractivity contribution in [1.82, 2.24) is 9.47 Å². The van der Waals surface area contributed by atoms with Crippen LogP contribution in [0, 0.1) is 0 Å². The van der Waals surface area contributed by atoms with E-state index in [-0.39, 0.29) is 31.8 Å². The van der Waals surface area contributed by atoms with Gasteiger partial charge in [0.2, 0.25) is 0 Å². The Morgan fingerprint density at radius 3 is 2.56 bits per heavy atom. The monoisotopic (exact) mass is 346 g/mol. The van der Waals surface area contributed by atoms with Crippen molar-refractivity contribution < 1.29 is 24.5 Å². The summed E-state index contributed by atoms with van der Waals surface area (Å²) in [6.45, 7) is 1.63. The summed E-state index contributed by atoms with van der Waals surface area (Å²) in [7, 11) is 1.63. The van der Waals surface area contributed by atoms with Crippen LogP contribution in [0.5, 0.6) is 0 Å². The number of piperidine rings is 1. The molecule has 2 aromatic rings. The van der Waals surface area contributed by atoms with E-state index < -0.39 is 11.6 Å². The fourth-order valence-corrected chi connectivity index (χ4v) is 3.26. The van der Waals surface area contributed by atoms with E-state index in [0.29, 0.717) is 18.7 Å². The maximum absolute atomic E-state index is 12.9. The first-order chi connectivity index (χ1) is 12.0. The highest BCUT2D eigenvalue weighted by molar-refractivity contribution is 6.07. The highest BCUT2D eigenvalue weighted by atomic mass is 16.5. The van der Waals surface area contributed by atoms with Crippen LogP contribution < -0.4 is 0 Å². The van der Waals surface area contributed by atoms with Gasteiger partial charge < -0.3 is 24.4 Å². The molecule has 1 fully saturated rings. The van der Waals surface area contributed by atoms with Gasteiger partial charge in [-0.15, -0.1) is 0 Å². The Balaban J connectivity index is 1.84. The van der Waals surface area contributed by atoms with E-state index in [4.69, 9.17) is 9.84 Å². The molecular formula is C18H22N2O5. The number of carbonyl (C=O) groups is 2. The third-order valence-electron chi connectivity index (χ3n) is 4.83. The Bertz CT molecular complexity index is 790. The fourth-order valence-electron chi connectivity index (χ4n) is 3.26. The number of aliphatic hydroxyl groups is 1. The number of hydrogen-bond donors (Lipinski definition) is 2. The van der Waals surface area contributed by atoms with Crippen LogP contribution >= 0.6 is 0 Å². The average Bonchev–Trinajstić information content (AvgIpc) is 2.99. The molecule has 2 N–H and O–H groups in total. The lowest BCUT2D eigenvalue weighted by atomic mass is 9.91. The quantitative estimate of drug-likeness (QED) is 0.852. The lowest BCUT2D eigenvalue weighted by Crippen LogP contribution is -2.50. The Morgan fingerprint density at radius 2 is 1.92 bits per heavy atom. The number of aromatic nitrogens is 1. The number of carbonyl (C=O) groups excluding carboxylic acids is 1. The Morgan fingerprint density at radius 1 is 1.24 bits per heavy atom. The van der Waals surface area contributed by atoms with E-state index in [1.165, 1.54) is 0 Å². The number of nitrogens with zero attached hydrogens (tertiary/aromatic N) is 2. The minimum absolute atomic E-state index is 0.0381. The number of methoxy groups -OCH3 is 1. The van der Waals surface area contributed by atoms with Gasteiger partial charge in [-0.2, -0.15) is 0 Å². The molecule has 7 nitrogen and oxygen atoms in total. The van der Waals surface area contributed by atoms with Crippen molar-refractivity contribution in [1.29, 1.82) is 0 Å². The minimum Gasteiger partial charge on any atom is -0.479 e. The number of carboxylic acid groups (broad SMARTS) is 1. The first-order valence-corrected chi connectivity index (χ1v) is 8.28. The maximum atomic E-state index is 12.9. The zero-order valence-electron chi connectivity index (χ0n) is 14.1. The molecule has 1 aliphatic heterocycles. The molecule has 25 heavy (non-hydrogen) atoms. The Hall–Kier alpha value is -2.38. The Kier molecular flexibility index (Phi) is 4.78. The van der Waals surface area contributed by atoms with Crippen LogP contribution in [0.1, 0.15) is 23.2 Å². The van der Waals surface area contributed by atoms with Crippen LogP contribution in [-0.2, 0) is 16.1 Å². The summed E-state index contributed by atoms with van der Waals surface area (Å²) in [6.07, 6.45) is 1.90. The zero-order valence-corrected chi connectivity index (χ0v) is 14.1. The first kappa shape index (κ1) is 17.4. The van der Waals surface area contributed by atoms with Gasteiger partial charge >= 0.3 is 5.97 Å². The molecule has 1 aliphatic rings. The van der Waals surface area contributed by atoms with Gasteiger partial charge in [-0.05, 0) is 6.07 Å². The van der Waals surface area contributed by atoms with Crippen molar-refractivity contribution in [3.63, 3.8) is 0 Å². The predicted octanol–water partition coefficient (Wildman–Crippen LogP) is 1.34. The van der Waals surface area contributed by atoms with Crippen LogP contribution in [0.3, 0.4) is 0 Å². The molecule has 0 radical (unpaired) electrons. The van der Waals surface area contributed by atoms with Gasteiger partial charge in [0.1, 0.15) is 0 Å². The number of amides is 1. The molecule has 0 bridgehead atoms. The number of aliphatic carboxylic acids is 1. The van der Waals surface area contributed by atoms with Crippen molar-refractivity contribution in [3.8, 4) is 0 Å². The molecule has 0 unspecified atom stereocenters. The number of hydrogen-bond acceptors (Lipinski definition) is 4. The van der Waals surface area contributed by atoms with Gasteiger partial charge in [-0.3, -0.25) is 4.79 Å². The van der Waals surface area contributed by atoms with Crippen molar-refractivity contribution >= 4 is 22.8 Å². The van der Waals surface area contributed by atoms with Gasteiger partial charge in [0.15, 0.2) is 5.60 Å². The molecule has 134 valence electrons. The van der Waals surface area contributed by atoms with Crippen LogP contribution in [0.25, 0.3) is 10.9 Å². The van der Waals surface area contributed by atoms with Crippen LogP contribution in [0.15, 0.2) is 30.5 Å². The summed E-state index contributed by atoms with van der Waals surface area (Å²) >= 11 is 0. The summed E-state index contributed by atoms with van der Waals surface area (Å²) in [6, 6.07) is 7.68. The molecule has 7 heteroatoms. The van der Waals surface area contributed by atoms with Gasteiger partial charge in [0.05, 0.1) is 12.2 Å². The second-order valence-corrected chi connectivity index (χ2v) is 6.38. The SMILES string of the molecule is COCCn1cc(C(=O)N2CCC(O)(C(=O)O)CC2)c2ccccc21. The Labute approximate surface area is 145 Å². The summed E-state index contributed by atoms with van der Waals surface area (Å²) in [5, 5.41) is 20.0. The van der Waals surface area contributed by atoms with Crippen LogP contribution in [-0.4, -0.2) is 64.0 Å². The van der Waals surface area contributed by atoms with Gasteiger partial charge in [-0.1, -0.05) is 18.2 Å². The highest BCUT2D eigenvalue weighted by Crippen LogP contribution is 2.27. The topological polar surface area (TPSA) is 92.0 Å². The van der Waals surface area contributed by atoms with Gasteiger partial charge in [0.25, 0.3) is 5.91 Å². The molecular weight excluding hydrogens is 324 g/mol.